The van der Waals surface area contributed by atoms with E-state index < -0.39 is 5.97 Å². The molecule has 3 nitrogen and oxygen atoms in total. The molecule has 0 aliphatic heterocycles. The topological polar surface area (TPSA) is 61.1 Å². The standard InChI is InChI=1S/C12H12BrNO2/c1-2-8-3-4-9(7-14)10(5-12(15)16)11(8)6-13/h3-4H,2,5-6H2,1H3,(H,15,16). The Balaban J connectivity index is 3.37. The van der Waals surface area contributed by atoms with Crippen LogP contribution in [0.1, 0.15) is 29.2 Å². The summed E-state index contributed by atoms with van der Waals surface area (Å²) in [7, 11) is 0. The van der Waals surface area contributed by atoms with Gasteiger partial charge in [-0.25, -0.2) is 0 Å². The van der Waals surface area contributed by atoms with Crippen molar-refractivity contribution in [2.24, 2.45) is 0 Å². The third-order valence-electron chi connectivity index (χ3n) is 2.49. The number of rotatable bonds is 4. The molecule has 0 aromatic heterocycles. The first-order chi connectivity index (χ1) is 7.63. The minimum absolute atomic E-state index is 0.0995. The van der Waals surface area contributed by atoms with Gasteiger partial charge in [0.05, 0.1) is 18.1 Å². The molecule has 0 bridgehead atoms. The van der Waals surface area contributed by atoms with E-state index in [0.717, 1.165) is 17.5 Å². The van der Waals surface area contributed by atoms with E-state index in [1.54, 1.807) is 6.07 Å². The number of benzene rings is 1. The van der Waals surface area contributed by atoms with Gasteiger partial charge in [-0.1, -0.05) is 28.9 Å². The van der Waals surface area contributed by atoms with E-state index in [1.807, 2.05) is 19.1 Å². The highest BCUT2D eigenvalue weighted by molar-refractivity contribution is 9.08. The summed E-state index contributed by atoms with van der Waals surface area (Å²) in [5.41, 5.74) is 3.11. The van der Waals surface area contributed by atoms with Gasteiger partial charge in [0, 0.05) is 5.33 Å². The maximum Gasteiger partial charge on any atom is 0.307 e. The maximum atomic E-state index is 10.8. The number of hydrogen-bond acceptors (Lipinski definition) is 2. The van der Waals surface area contributed by atoms with Gasteiger partial charge in [0.15, 0.2) is 0 Å². The van der Waals surface area contributed by atoms with E-state index in [-0.39, 0.29) is 6.42 Å². The molecule has 0 aliphatic rings. The highest BCUT2D eigenvalue weighted by atomic mass is 79.9. The zero-order valence-corrected chi connectivity index (χ0v) is 10.5. The third kappa shape index (κ3) is 2.61. The molecule has 84 valence electrons. The van der Waals surface area contributed by atoms with E-state index >= 15 is 0 Å². The van der Waals surface area contributed by atoms with Gasteiger partial charge in [-0.2, -0.15) is 5.26 Å². The first-order valence-electron chi connectivity index (χ1n) is 4.95. The van der Waals surface area contributed by atoms with E-state index in [4.69, 9.17) is 10.4 Å². The number of carboxylic acids is 1. The zero-order chi connectivity index (χ0) is 12.1. The van der Waals surface area contributed by atoms with Crippen LogP contribution in [0.5, 0.6) is 0 Å². The van der Waals surface area contributed by atoms with Crippen LogP contribution < -0.4 is 0 Å². The van der Waals surface area contributed by atoms with E-state index in [9.17, 15) is 4.79 Å². The SMILES string of the molecule is CCc1ccc(C#N)c(CC(=O)O)c1CBr. The van der Waals surface area contributed by atoms with E-state index in [0.29, 0.717) is 16.5 Å². The number of aryl methyl sites for hydroxylation is 1. The van der Waals surface area contributed by atoms with Gasteiger partial charge in [0.2, 0.25) is 0 Å². The quantitative estimate of drug-likeness (QED) is 0.863. The molecule has 0 radical (unpaired) electrons. The fourth-order valence-electron chi connectivity index (χ4n) is 1.70. The molecular weight excluding hydrogens is 270 g/mol. The van der Waals surface area contributed by atoms with Crippen LogP contribution in [-0.4, -0.2) is 11.1 Å². The molecule has 1 rings (SSSR count). The van der Waals surface area contributed by atoms with Crippen molar-refractivity contribution in [2.75, 3.05) is 0 Å². The van der Waals surface area contributed by atoms with Gasteiger partial charge in [-0.15, -0.1) is 0 Å². The number of aliphatic carboxylic acids is 1. The number of hydrogen-bond donors (Lipinski definition) is 1. The molecule has 4 heteroatoms. The number of alkyl halides is 1. The van der Waals surface area contributed by atoms with Gasteiger partial charge in [-0.3, -0.25) is 4.79 Å². The Morgan fingerprint density at radius 1 is 1.50 bits per heavy atom. The van der Waals surface area contributed by atoms with E-state index in [2.05, 4.69) is 15.9 Å². The third-order valence-corrected chi connectivity index (χ3v) is 3.05. The van der Waals surface area contributed by atoms with Crippen molar-refractivity contribution < 1.29 is 9.90 Å². The molecule has 0 spiro atoms. The highest BCUT2D eigenvalue weighted by Crippen LogP contribution is 2.23. The van der Waals surface area contributed by atoms with Crippen LogP contribution in [0.4, 0.5) is 0 Å². The predicted molar refractivity (Wildman–Crippen MR) is 64.5 cm³/mol. The molecule has 1 aromatic carbocycles. The summed E-state index contributed by atoms with van der Waals surface area (Å²) in [6, 6.07) is 5.63. The average molecular weight is 282 g/mol. The smallest absolute Gasteiger partial charge is 0.307 e. The molecule has 0 atom stereocenters. The first kappa shape index (κ1) is 12.7. The number of halogens is 1. The van der Waals surface area contributed by atoms with Gasteiger partial charge in [0.1, 0.15) is 0 Å². The Morgan fingerprint density at radius 3 is 2.62 bits per heavy atom. The van der Waals surface area contributed by atoms with Crippen LogP contribution in [0.3, 0.4) is 0 Å². The van der Waals surface area contributed by atoms with Crippen LogP contribution in [0.2, 0.25) is 0 Å². The number of nitriles is 1. The Bertz CT molecular complexity index is 449. The normalized spacial score (nSPS) is 9.81. The molecule has 0 unspecified atom stereocenters. The maximum absolute atomic E-state index is 10.8. The number of carbonyl (C=O) groups is 1. The van der Waals surface area contributed by atoms with Gasteiger partial charge in [0.25, 0.3) is 0 Å². The molecule has 1 aromatic rings. The predicted octanol–water partition coefficient (Wildman–Crippen LogP) is 2.64. The summed E-state index contributed by atoms with van der Waals surface area (Å²) >= 11 is 3.35. The summed E-state index contributed by atoms with van der Waals surface area (Å²) in [5.74, 6) is -0.910. The molecule has 16 heavy (non-hydrogen) atoms. The van der Waals surface area contributed by atoms with E-state index in [1.165, 1.54) is 0 Å². The Kier molecular flexibility index (Phi) is 4.51. The monoisotopic (exact) mass is 281 g/mol. The summed E-state index contributed by atoms with van der Waals surface area (Å²) in [4.78, 5) is 10.8. The van der Waals surface area contributed by atoms with Crippen LogP contribution in [0.15, 0.2) is 12.1 Å². The molecule has 1 N–H and O–H groups in total. The van der Waals surface area contributed by atoms with Crippen LogP contribution >= 0.6 is 15.9 Å². The second-order valence-corrected chi connectivity index (χ2v) is 3.96. The van der Waals surface area contributed by atoms with Crippen molar-refractivity contribution in [3.63, 3.8) is 0 Å². The fourth-order valence-corrected chi connectivity index (χ4v) is 2.40. The van der Waals surface area contributed by atoms with Crippen molar-refractivity contribution in [1.82, 2.24) is 0 Å². The summed E-state index contributed by atoms with van der Waals surface area (Å²) < 4.78 is 0. The van der Waals surface area contributed by atoms with Crippen molar-refractivity contribution in [3.05, 3.63) is 34.4 Å². The van der Waals surface area contributed by atoms with Gasteiger partial charge < -0.3 is 5.11 Å². The number of carboxylic acid groups (broad SMARTS) is 1. The lowest BCUT2D eigenvalue weighted by atomic mass is 9.94. The molecule has 0 saturated heterocycles. The molecule has 0 fully saturated rings. The lowest BCUT2D eigenvalue weighted by Crippen LogP contribution is -2.07. The first-order valence-corrected chi connectivity index (χ1v) is 6.07. The summed E-state index contributed by atoms with van der Waals surface area (Å²) in [5, 5.41) is 18.4. The van der Waals surface area contributed by atoms with Gasteiger partial charge in [-0.05, 0) is 29.2 Å². The minimum Gasteiger partial charge on any atom is -0.481 e. The van der Waals surface area contributed by atoms with Crippen molar-refractivity contribution >= 4 is 21.9 Å². The number of nitrogens with zero attached hydrogens (tertiary/aromatic N) is 1. The highest BCUT2D eigenvalue weighted by Gasteiger charge is 2.14. The summed E-state index contributed by atoms with van der Waals surface area (Å²) in [6.07, 6.45) is 0.733. The van der Waals surface area contributed by atoms with Crippen LogP contribution in [-0.2, 0) is 23.0 Å². The minimum atomic E-state index is -0.910. The van der Waals surface area contributed by atoms with Crippen LogP contribution in [0.25, 0.3) is 0 Å². The fraction of sp³-hybridized carbons (Fsp3) is 0.333. The molecule has 0 heterocycles. The van der Waals surface area contributed by atoms with Crippen molar-refractivity contribution in [2.45, 2.75) is 25.1 Å². The largest absolute Gasteiger partial charge is 0.481 e. The molecule has 0 saturated carbocycles. The Labute approximate surface area is 103 Å². The Hall–Kier alpha value is -1.34. The Morgan fingerprint density at radius 2 is 2.19 bits per heavy atom. The van der Waals surface area contributed by atoms with Gasteiger partial charge >= 0.3 is 5.97 Å². The van der Waals surface area contributed by atoms with Crippen LogP contribution in [0, 0.1) is 11.3 Å². The lowest BCUT2D eigenvalue weighted by Gasteiger charge is -2.12. The van der Waals surface area contributed by atoms with Crippen molar-refractivity contribution in [1.29, 1.82) is 5.26 Å². The second kappa shape index (κ2) is 5.66. The average Bonchev–Trinajstić information content (AvgIpc) is 2.27. The molecular formula is C12H12BrNO2. The summed E-state index contributed by atoms with van der Waals surface area (Å²) in [6.45, 7) is 2.01. The zero-order valence-electron chi connectivity index (χ0n) is 8.96. The van der Waals surface area contributed by atoms with Crippen molar-refractivity contribution in [3.8, 4) is 6.07 Å². The molecule has 0 aliphatic carbocycles. The lowest BCUT2D eigenvalue weighted by molar-refractivity contribution is -0.136. The second-order valence-electron chi connectivity index (χ2n) is 3.40. The molecule has 0 amide bonds.